The van der Waals surface area contributed by atoms with Crippen molar-refractivity contribution in [2.45, 2.75) is 105 Å². The van der Waals surface area contributed by atoms with Gasteiger partial charge in [0.15, 0.2) is 0 Å². The highest BCUT2D eigenvalue weighted by atomic mass is 35.5. The Kier molecular flexibility index (Phi) is 22.1. The second-order valence-electron chi connectivity index (χ2n) is 18.3. The van der Waals surface area contributed by atoms with Crippen molar-refractivity contribution in [1.29, 1.82) is 10.8 Å². The van der Waals surface area contributed by atoms with Gasteiger partial charge in [0.1, 0.15) is 61.5 Å². The molecule has 76 heavy (non-hydrogen) atoms. The quantitative estimate of drug-likeness (QED) is 0.0223. The minimum atomic E-state index is -1.04. The first kappa shape index (κ1) is 58.3. The van der Waals surface area contributed by atoms with E-state index in [9.17, 15) is 30.0 Å². The Bertz CT molecular complexity index is 2760. The summed E-state index contributed by atoms with van der Waals surface area (Å²) in [7, 11) is 0. The van der Waals surface area contributed by atoms with Gasteiger partial charge in [0.05, 0.1) is 10.0 Å². The van der Waals surface area contributed by atoms with Crippen LogP contribution in [0.15, 0.2) is 97.6 Å². The number of hydrogen-bond donors (Lipinski definition) is 6. The predicted molar refractivity (Wildman–Crippen MR) is 293 cm³/mol. The van der Waals surface area contributed by atoms with Gasteiger partial charge in [0.25, 0.3) is 0 Å². The predicted octanol–water partition coefficient (Wildman–Crippen LogP) is 10.5. The minimum Gasteiger partial charge on any atom is -0.488 e. The molecule has 0 radical (unpaired) electrons. The molecule has 16 nitrogen and oxygen atoms in total. The largest absolute Gasteiger partial charge is 0.488 e. The van der Waals surface area contributed by atoms with Crippen LogP contribution in [0, 0.1) is 24.7 Å². The van der Waals surface area contributed by atoms with Crippen molar-refractivity contribution >= 4 is 47.6 Å². The number of aliphatic hydroxyl groups excluding tert-OH is 2. The monoisotopic (exact) mass is 1080 g/mol. The molecule has 6 aromatic rings. The molecular formula is C58H66Cl2N6O10. The molecule has 18 heteroatoms. The van der Waals surface area contributed by atoms with Gasteiger partial charge in [-0.15, -0.1) is 0 Å². The third-order valence-electron chi connectivity index (χ3n) is 13.0. The van der Waals surface area contributed by atoms with Crippen LogP contribution < -0.4 is 18.9 Å². The molecule has 2 aromatic heterocycles. The average molecular weight is 1080 g/mol. The summed E-state index contributed by atoms with van der Waals surface area (Å²) in [6, 6.07) is 20.6. The van der Waals surface area contributed by atoms with Gasteiger partial charge in [-0.2, -0.15) is 0 Å². The Hall–Kier alpha value is -6.92. The number of nitrogens with one attached hydrogen (secondary N) is 2. The van der Waals surface area contributed by atoms with Gasteiger partial charge in [-0.25, -0.2) is 0 Å². The van der Waals surface area contributed by atoms with Crippen LogP contribution in [0.4, 0.5) is 0 Å². The van der Waals surface area contributed by atoms with Crippen molar-refractivity contribution in [1.82, 2.24) is 19.8 Å². The maximum Gasteiger partial charge on any atom is 0.321 e. The third-order valence-corrected chi connectivity index (χ3v) is 13.5. The number of pyridine rings is 2. The molecule has 0 saturated heterocycles. The number of halogens is 2. The number of nitrogens with zero attached hydrogens (tertiary/aromatic N) is 4. The Morgan fingerprint density at radius 3 is 1.33 bits per heavy atom. The van der Waals surface area contributed by atoms with Gasteiger partial charge in [-0.1, -0.05) is 73.4 Å². The van der Waals surface area contributed by atoms with E-state index in [1.807, 2.05) is 52.0 Å². The van der Waals surface area contributed by atoms with Gasteiger partial charge < -0.3 is 50.2 Å². The molecule has 4 aromatic carbocycles. The molecule has 0 amide bonds. The van der Waals surface area contributed by atoms with Gasteiger partial charge in [0.2, 0.25) is 0 Å². The lowest BCUT2D eigenvalue weighted by Crippen LogP contribution is -2.42. The molecule has 402 valence electrons. The third kappa shape index (κ3) is 15.6. The maximum absolute atomic E-state index is 12.3. The normalized spacial score (nSPS) is 12.1. The van der Waals surface area contributed by atoms with Crippen molar-refractivity contribution in [3.05, 3.63) is 163 Å². The number of rotatable bonds is 31. The fourth-order valence-corrected chi connectivity index (χ4v) is 9.47. The van der Waals surface area contributed by atoms with E-state index in [-0.39, 0.29) is 65.6 Å². The standard InChI is InChI=1S/C58H66Cl2N6O10/c1-5-15-65(51(13-17-67)57(69)70)31-45-21-49(59)55(23-53(45)73-33-41-19-39(25-61)27-63-29-41)75-35-43-9-7-11-47(37(43)3)48-12-8-10-44(38(48)4)36-76-56-24-54(74-34-42-20-40(26-62)28-64-30-42)46(22-50(56)60)32-66(16-6-2)52(14-18-68)58(71)72/h7-12,19-30,51-52,61-62,67-68H,5-6,13-18,31-36H2,1-4H3,(H,69,70)(H,71,72)/t51-,52-/m0/s1. The van der Waals surface area contributed by atoms with Gasteiger partial charge >= 0.3 is 11.9 Å². The molecule has 0 bridgehead atoms. The fraction of sp³-hybridized carbons (Fsp3) is 0.345. The van der Waals surface area contributed by atoms with Crippen LogP contribution in [0.3, 0.4) is 0 Å². The van der Waals surface area contributed by atoms with E-state index in [4.69, 9.17) is 53.0 Å². The number of aromatic nitrogens is 2. The highest BCUT2D eigenvalue weighted by Gasteiger charge is 2.28. The molecule has 2 heterocycles. The smallest absolute Gasteiger partial charge is 0.321 e. The zero-order valence-electron chi connectivity index (χ0n) is 43.2. The summed E-state index contributed by atoms with van der Waals surface area (Å²) < 4.78 is 25.7. The Morgan fingerprint density at radius 1 is 0.579 bits per heavy atom. The summed E-state index contributed by atoms with van der Waals surface area (Å²) in [6.07, 6.45) is 10.3. The number of benzene rings is 4. The number of carboxylic acid groups (broad SMARTS) is 2. The summed E-state index contributed by atoms with van der Waals surface area (Å²) in [5.41, 5.74) is 9.69. The zero-order valence-corrected chi connectivity index (χ0v) is 44.7. The van der Waals surface area contributed by atoms with E-state index in [2.05, 4.69) is 22.1 Å². The number of aliphatic hydroxyl groups is 2. The lowest BCUT2D eigenvalue weighted by Gasteiger charge is -2.29. The van der Waals surface area contributed by atoms with E-state index in [1.165, 1.54) is 12.4 Å². The highest BCUT2D eigenvalue weighted by Crippen LogP contribution is 2.38. The van der Waals surface area contributed by atoms with Crippen LogP contribution in [-0.2, 0) is 49.1 Å². The van der Waals surface area contributed by atoms with Crippen LogP contribution in [0.1, 0.15) is 95.2 Å². The van der Waals surface area contributed by atoms with Gasteiger partial charge in [0, 0.05) is 109 Å². The first-order valence-electron chi connectivity index (χ1n) is 25.1. The first-order valence-corrected chi connectivity index (χ1v) is 25.8. The molecule has 0 saturated carbocycles. The molecule has 0 aliphatic heterocycles. The number of carbonyl (C=O) groups is 2. The maximum atomic E-state index is 12.3. The number of hydrogen-bond acceptors (Lipinski definition) is 14. The summed E-state index contributed by atoms with van der Waals surface area (Å²) in [6.45, 7) is 9.20. The molecule has 6 rings (SSSR count). The molecule has 0 fully saturated rings. The van der Waals surface area contributed by atoms with Crippen molar-refractivity contribution in [2.24, 2.45) is 0 Å². The molecule has 0 unspecified atom stereocenters. The highest BCUT2D eigenvalue weighted by molar-refractivity contribution is 6.32. The Labute approximate surface area is 453 Å². The van der Waals surface area contributed by atoms with Crippen LogP contribution in [0.5, 0.6) is 23.0 Å². The molecule has 2 atom stereocenters. The summed E-state index contributed by atoms with van der Waals surface area (Å²) >= 11 is 13.9. The average Bonchev–Trinajstić information content (AvgIpc) is 3.42. The second-order valence-corrected chi connectivity index (χ2v) is 19.1. The lowest BCUT2D eigenvalue weighted by molar-refractivity contribution is -0.145. The van der Waals surface area contributed by atoms with Crippen LogP contribution in [0.2, 0.25) is 10.0 Å². The number of ether oxygens (including phenoxy) is 4. The molecule has 0 spiro atoms. The van der Waals surface area contributed by atoms with E-state index < -0.39 is 24.0 Å². The molecule has 6 N–H and O–H groups in total. The van der Waals surface area contributed by atoms with E-state index in [0.717, 1.165) is 44.5 Å². The summed E-state index contributed by atoms with van der Waals surface area (Å²) in [4.78, 5) is 36.7. The number of carboxylic acids is 2. The zero-order chi connectivity index (χ0) is 54.7. The molecular weight excluding hydrogens is 1010 g/mol. The van der Waals surface area contributed by atoms with Gasteiger partial charge in [-0.3, -0.25) is 29.4 Å². The van der Waals surface area contributed by atoms with Crippen molar-refractivity contribution < 1.29 is 49.0 Å². The summed E-state index contributed by atoms with van der Waals surface area (Å²) in [5.74, 6) is -0.495. The lowest BCUT2D eigenvalue weighted by atomic mass is 9.92. The van der Waals surface area contributed by atoms with Crippen molar-refractivity contribution in [3.8, 4) is 34.1 Å². The van der Waals surface area contributed by atoms with Crippen LogP contribution >= 0.6 is 23.2 Å². The van der Waals surface area contributed by atoms with E-state index >= 15 is 0 Å². The SMILES string of the molecule is CCCN(Cc1cc(Cl)c(OCc2cccc(-c3cccc(COc4cc(OCc5cncc(C=N)c5)c(CN(CCC)[C@@H](CCO)C(=O)O)cc4Cl)c3C)c2C)cc1OCc1cncc(C=N)c1)[C@@H](CCO)C(=O)O. The number of aliphatic carboxylic acids is 2. The second kappa shape index (κ2) is 28.8. The minimum absolute atomic E-state index is 0.0506. The Balaban J connectivity index is 1.25. The van der Waals surface area contributed by atoms with Crippen molar-refractivity contribution in [3.63, 3.8) is 0 Å². The first-order chi connectivity index (χ1) is 36.7. The molecule has 0 aliphatic rings. The molecule has 0 aliphatic carbocycles. The Morgan fingerprint density at radius 2 is 0.974 bits per heavy atom. The van der Waals surface area contributed by atoms with E-state index in [0.29, 0.717) is 81.2 Å². The van der Waals surface area contributed by atoms with Gasteiger partial charge in [-0.05, 0) is 110 Å². The van der Waals surface area contributed by atoms with Crippen LogP contribution in [-0.4, -0.2) is 103 Å². The fourth-order valence-electron chi connectivity index (χ4n) is 8.99. The van der Waals surface area contributed by atoms with Crippen molar-refractivity contribution in [2.75, 3.05) is 26.3 Å². The van der Waals surface area contributed by atoms with E-state index in [1.54, 1.807) is 71.0 Å². The van der Waals surface area contributed by atoms with Crippen LogP contribution in [0.25, 0.3) is 11.1 Å². The topological polar surface area (TPSA) is 232 Å². The summed E-state index contributed by atoms with van der Waals surface area (Å²) in [5, 5.41) is 55.6.